The molecule has 0 saturated carbocycles. The highest BCUT2D eigenvalue weighted by Gasteiger charge is 2.23. The molecule has 1 unspecified atom stereocenters. The second kappa shape index (κ2) is 6.14. The Labute approximate surface area is 88.6 Å². The quantitative estimate of drug-likeness (QED) is 0.767. The average Bonchev–Trinajstić information content (AvgIpc) is 2.26. The van der Waals surface area contributed by atoms with Gasteiger partial charge in [-0.15, -0.1) is 0 Å². The fourth-order valence-corrected chi connectivity index (χ4v) is 2.54. The molecule has 1 amide bonds. The summed E-state index contributed by atoms with van der Waals surface area (Å²) in [5, 5.41) is 9.04. The Hall–Kier alpha value is -0.420. The van der Waals surface area contributed by atoms with Crippen LogP contribution in [0.5, 0.6) is 0 Å². The highest BCUT2D eigenvalue weighted by atomic mass is 32.2. The molecule has 0 bridgehead atoms. The molecule has 1 saturated heterocycles. The molecule has 5 heteroatoms. The van der Waals surface area contributed by atoms with Gasteiger partial charge in [0.15, 0.2) is 0 Å². The number of thioether (sulfide) groups is 1. The van der Waals surface area contributed by atoms with Gasteiger partial charge in [0.1, 0.15) is 6.61 Å². The first-order valence-electron chi connectivity index (χ1n) is 4.92. The molecule has 1 fully saturated rings. The SMILES string of the molecule is CCC1CN(C(=O)OCCO)CCS1. The largest absolute Gasteiger partial charge is 0.447 e. The molecule has 0 aromatic rings. The number of ether oxygens (including phenoxy) is 1. The number of amides is 1. The lowest BCUT2D eigenvalue weighted by atomic mass is 10.3. The number of carbonyl (C=O) groups is 1. The number of hydrogen-bond donors (Lipinski definition) is 1. The minimum atomic E-state index is -0.294. The van der Waals surface area contributed by atoms with Crippen molar-refractivity contribution in [3.05, 3.63) is 0 Å². The van der Waals surface area contributed by atoms with Crippen LogP contribution in [0.4, 0.5) is 4.79 Å². The average molecular weight is 219 g/mol. The van der Waals surface area contributed by atoms with Crippen LogP contribution in [0.2, 0.25) is 0 Å². The van der Waals surface area contributed by atoms with E-state index < -0.39 is 0 Å². The van der Waals surface area contributed by atoms with E-state index in [1.165, 1.54) is 0 Å². The van der Waals surface area contributed by atoms with E-state index in [1.54, 1.807) is 4.90 Å². The fraction of sp³-hybridized carbons (Fsp3) is 0.889. The molecule has 0 radical (unpaired) electrons. The lowest BCUT2D eigenvalue weighted by Gasteiger charge is -2.30. The summed E-state index contributed by atoms with van der Waals surface area (Å²) in [5.74, 6) is 0.979. The van der Waals surface area contributed by atoms with E-state index in [2.05, 4.69) is 6.92 Å². The van der Waals surface area contributed by atoms with Crippen LogP contribution in [-0.4, -0.2) is 53.4 Å². The van der Waals surface area contributed by atoms with Gasteiger partial charge in [-0.1, -0.05) is 6.92 Å². The van der Waals surface area contributed by atoms with Gasteiger partial charge in [0.25, 0.3) is 0 Å². The van der Waals surface area contributed by atoms with Gasteiger partial charge in [-0.3, -0.25) is 0 Å². The molecule has 0 aromatic carbocycles. The lowest BCUT2D eigenvalue weighted by Crippen LogP contribution is -2.42. The summed E-state index contributed by atoms with van der Waals surface area (Å²) in [6.07, 6.45) is 0.784. The molecule has 4 nitrogen and oxygen atoms in total. The third kappa shape index (κ3) is 3.38. The zero-order valence-electron chi connectivity index (χ0n) is 8.44. The Balaban J connectivity index is 2.31. The number of carbonyl (C=O) groups excluding carboxylic acids is 1. The van der Waals surface area contributed by atoms with Crippen molar-refractivity contribution in [1.82, 2.24) is 4.90 Å². The van der Waals surface area contributed by atoms with Gasteiger partial charge in [0, 0.05) is 24.1 Å². The number of hydrogen-bond acceptors (Lipinski definition) is 4. The molecule has 1 heterocycles. The van der Waals surface area contributed by atoms with E-state index >= 15 is 0 Å². The Morgan fingerprint density at radius 1 is 1.71 bits per heavy atom. The molecule has 1 rings (SSSR count). The van der Waals surface area contributed by atoms with Gasteiger partial charge in [0.2, 0.25) is 0 Å². The summed E-state index contributed by atoms with van der Waals surface area (Å²) in [7, 11) is 0. The predicted octanol–water partition coefficient (Wildman–Crippen LogP) is 0.943. The van der Waals surface area contributed by atoms with E-state index in [-0.39, 0.29) is 19.3 Å². The number of aliphatic hydroxyl groups is 1. The van der Waals surface area contributed by atoms with Crippen LogP contribution < -0.4 is 0 Å². The standard InChI is InChI=1S/C9H17NO3S/c1-2-8-7-10(3-6-14-8)9(12)13-5-4-11/h8,11H,2-7H2,1H3. The molecule has 1 aliphatic rings. The Morgan fingerprint density at radius 2 is 2.50 bits per heavy atom. The van der Waals surface area contributed by atoms with Crippen LogP contribution >= 0.6 is 11.8 Å². The van der Waals surface area contributed by atoms with Crippen molar-refractivity contribution in [2.75, 3.05) is 32.1 Å². The van der Waals surface area contributed by atoms with Gasteiger partial charge in [-0.25, -0.2) is 4.79 Å². The van der Waals surface area contributed by atoms with Gasteiger partial charge >= 0.3 is 6.09 Å². The highest BCUT2D eigenvalue weighted by Crippen LogP contribution is 2.21. The van der Waals surface area contributed by atoms with E-state index in [0.29, 0.717) is 5.25 Å². The topological polar surface area (TPSA) is 49.8 Å². The molecule has 0 spiro atoms. The second-order valence-electron chi connectivity index (χ2n) is 3.19. The zero-order chi connectivity index (χ0) is 10.4. The zero-order valence-corrected chi connectivity index (χ0v) is 9.26. The fourth-order valence-electron chi connectivity index (χ4n) is 1.36. The van der Waals surface area contributed by atoms with Crippen molar-refractivity contribution in [3.8, 4) is 0 Å². The lowest BCUT2D eigenvalue weighted by molar-refractivity contribution is 0.0850. The van der Waals surface area contributed by atoms with E-state index in [1.807, 2.05) is 11.8 Å². The summed E-state index contributed by atoms with van der Waals surface area (Å²) < 4.78 is 4.85. The monoisotopic (exact) mass is 219 g/mol. The van der Waals surface area contributed by atoms with Crippen LogP contribution in [0.15, 0.2) is 0 Å². The molecule has 1 atom stereocenters. The molecule has 0 aliphatic carbocycles. The Bertz CT molecular complexity index is 189. The predicted molar refractivity (Wildman–Crippen MR) is 56.5 cm³/mol. The van der Waals surface area contributed by atoms with E-state index in [0.717, 1.165) is 25.3 Å². The number of nitrogens with zero attached hydrogens (tertiary/aromatic N) is 1. The highest BCUT2D eigenvalue weighted by molar-refractivity contribution is 8.00. The minimum absolute atomic E-state index is 0.0965. The summed E-state index contributed by atoms with van der Waals surface area (Å²) in [5.41, 5.74) is 0. The second-order valence-corrected chi connectivity index (χ2v) is 4.59. The summed E-state index contributed by atoms with van der Waals surface area (Å²) in [6, 6.07) is 0. The molecule has 1 N–H and O–H groups in total. The van der Waals surface area contributed by atoms with Gasteiger partial charge in [-0.2, -0.15) is 11.8 Å². The van der Waals surface area contributed by atoms with Crippen LogP contribution in [0, 0.1) is 0 Å². The van der Waals surface area contributed by atoms with Crippen LogP contribution in [0.3, 0.4) is 0 Å². The smallest absolute Gasteiger partial charge is 0.409 e. The maximum absolute atomic E-state index is 11.4. The van der Waals surface area contributed by atoms with Gasteiger partial charge < -0.3 is 14.7 Å². The normalized spacial score (nSPS) is 22.1. The third-order valence-corrected chi connectivity index (χ3v) is 3.54. The minimum Gasteiger partial charge on any atom is -0.447 e. The maximum atomic E-state index is 11.4. The van der Waals surface area contributed by atoms with Crippen LogP contribution in [-0.2, 0) is 4.74 Å². The third-order valence-electron chi connectivity index (χ3n) is 2.17. The number of aliphatic hydroxyl groups excluding tert-OH is 1. The number of rotatable bonds is 3. The molecular weight excluding hydrogens is 202 g/mol. The van der Waals surface area contributed by atoms with Crippen LogP contribution in [0.1, 0.15) is 13.3 Å². The van der Waals surface area contributed by atoms with Gasteiger partial charge in [-0.05, 0) is 6.42 Å². The molecule has 0 aromatic heterocycles. The van der Waals surface area contributed by atoms with Crippen LogP contribution in [0.25, 0.3) is 0 Å². The maximum Gasteiger partial charge on any atom is 0.409 e. The molecule has 14 heavy (non-hydrogen) atoms. The van der Waals surface area contributed by atoms with Crippen molar-refractivity contribution >= 4 is 17.9 Å². The summed E-state index contributed by atoms with van der Waals surface area (Å²) in [6.45, 7) is 3.64. The first-order chi connectivity index (χ1) is 6.77. The molecular formula is C9H17NO3S. The van der Waals surface area contributed by atoms with E-state index in [4.69, 9.17) is 9.84 Å². The van der Waals surface area contributed by atoms with Crippen molar-refractivity contribution in [2.45, 2.75) is 18.6 Å². The van der Waals surface area contributed by atoms with Crippen molar-refractivity contribution in [1.29, 1.82) is 0 Å². The van der Waals surface area contributed by atoms with E-state index in [9.17, 15) is 4.79 Å². The van der Waals surface area contributed by atoms with Gasteiger partial charge in [0.05, 0.1) is 6.61 Å². The first kappa shape index (κ1) is 11.7. The molecule has 1 aliphatic heterocycles. The summed E-state index contributed by atoms with van der Waals surface area (Å²) in [4.78, 5) is 13.1. The first-order valence-corrected chi connectivity index (χ1v) is 5.97. The Morgan fingerprint density at radius 3 is 3.14 bits per heavy atom. The van der Waals surface area contributed by atoms with Crippen molar-refractivity contribution in [2.24, 2.45) is 0 Å². The van der Waals surface area contributed by atoms with Crippen molar-refractivity contribution in [3.63, 3.8) is 0 Å². The van der Waals surface area contributed by atoms with Crippen molar-refractivity contribution < 1.29 is 14.6 Å². The Kier molecular flexibility index (Phi) is 5.11. The summed E-state index contributed by atoms with van der Waals surface area (Å²) >= 11 is 1.91. The molecule has 82 valence electrons.